The number of halogens is 1. The molecule has 0 aliphatic rings. The van der Waals surface area contributed by atoms with Gasteiger partial charge in [-0.1, -0.05) is 12.1 Å². The summed E-state index contributed by atoms with van der Waals surface area (Å²) in [7, 11) is 1.86. The van der Waals surface area contributed by atoms with Crippen molar-refractivity contribution in [2.45, 2.75) is 18.9 Å². The molecule has 0 aliphatic carbocycles. The number of carbonyl (C=O) groups is 1. The Balaban J connectivity index is 2.14. The van der Waals surface area contributed by atoms with Crippen LogP contribution in [0.2, 0.25) is 0 Å². The second-order valence-electron chi connectivity index (χ2n) is 4.31. The lowest BCUT2D eigenvalue weighted by Crippen LogP contribution is -2.04. The maximum atomic E-state index is 11.1. The lowest BCUT2D eigenvalue weighted by molar-refractivity contribution is -0.117. The lowest BCUT2D eigenvalue weighted by Gasteiger charge is -2.10. The number of ketones is 1. The highest BCUT2D eigenvalue weighted by atomic mass is 35.5. The predicted molar refractivity (Wildman–Crippen MR) is 70.6 cm³/mol. The molecule has 0 amide bonds. The molecule has 18 heavy (non-hydrogen) atoms. The van der Waals surface area contributed by atoms with Crippen molar-refractivity contribution in [3.63, 3.8) is 0 Å². The summed E-state index contributed by atoms with van der Waals surface area (Å²) in [6.45, 7) is 0. The number of alkyl halides is 1. The highest BCUT2D eigenvalue weighted by molar-refractivity contribution is 6.27. The molecule has 4 nitrogen and oxygen atoms in total. The van der Waals surface area contributed by atoms with Gasteiger partial charge < -0.3 is 5.11 Å². The van der Waals surface area contributed by atoms with Crippen molar-refractivity contribution in [1.29, 1.82) is 0 Å². The first-order valence-corrected chi connectivity index (χ1v) is 6.32. The Bertz CT molecular complexity index is 565. The molecule has 0 saturated carbocycles. The largest absolute Gasteiger partial charge is 0.388 e. The quantitative estimate of drug-likeness (QED) is 0.844. The second kappa shape index (κ2) is 5.50. The maximum Gasteiger partial charge on any atom is 0.147 e. The molecule has 2 aromatic rings. The molecular weight excluding hydrogens is 252 g/mol. The Hall–Kier alpha value is -1.39. The molecule has 0 fully saturated rings. The molecule has 1 aromatic carbocycles. The van der Waals surface area contributed by atoms with Crippen LogP contribution in [0.5, 0.6) is 0 Å². The van der Waals surface area contributed by atoms with E-state index in [1.807, 2.05) is 25.2 Å². The van der Waals surface area contributed by atoms with Gasteiger partial charge in [0.25, 0.3) is 0 Å². The standard InChI is InChI=1S/C13H15ClN2O2/c1-16-12-6-9(2-3-10(12)8-15-16)13(18)5-4-11(17)7-14/h2-3,6,8,13,18H,4-5,7H2,1H3. The van der Waals surface area contributed by atoms with Crippen molar-refractivity contribution in [3.05, 3.63) is 30.0 Å². The molecule has 1 N–H and O–H groups in total. The molecule has 0 radical (unpaired) electrons. The Morgan fingerprint density at radius 3 is 3.06 bits per heavy atom. The van der Waals surface area contributed by atoms with Crippen LogP contribution in [0.3, 0.4) is 0 Å². The number of nitrogens with zero attached hydrogens (tertiary/aromatic N) is 2. The van der Waals surface area contributed by atoms with E-state index in [2.05, 4.69) is 5.10 Å². The summed E-state index contributed by atoms with van der Waals surface area (Å²) in [6.07, 6.45) is 1.84. The van der Waals surface area contributed by atoms with Gasteiger partial charge in [-0.25, -0.2) is 0 Å². The first kappa shape index (κ1) is 13.1. The van der Waals surface area contributed by atoms with E-state index in [1.165, 1.54) is 0 Å². The van der Waals surface area contributed by atoms with Crippen LogP contribution in [0, 0.1) is 0 Å². The highest BCUT2D eigenvalue weighted by Gasteiger charge is 2.11. The van der Waals surface area contributed by atoms with Crippen LogP contribution >= 0.6 is 11.6 Å². The van der Waals surface area contributed by atoms with Crippen molar-refractivity contribution in [2.75, 3.05) is 5.88 Å². The molecular formula is C13H15ClN2O2. The number of aliphatic hydroxyl groups excluding tert-OH is 1. The van der Waals surface area contributed by atoms with Crippen molar-refractivity contribution in [3.8, 4) is 0 Å². The topological polar surface area (TPSA) is 55.1 Å². The van der Waals surface area contributed by atoms with E-state index >= 15 is 0 Å². The van der Waals surface area contributed by atoms with Crippen LogP contribution in [0.4, 0.5) is 0 Å². The highest BCUT2D eigenvalue weighted by Crippen LogP contribution is 2.23. The number of aliphatic hydroxyl groups is 1. The smallest absolute Gasteiger partial charge is 0.147 e. The van der Waals surface area contributed by atoms with Gasteiger partial charge in [-0.2, -0.15) is 5.10 Å². The van der Waals surface area contributed by atoms with Gasteiger partial charge in [-0.3, -0.25) is 9.48 Å². The fourth-order valence-corrected chi connectivity index (χ4v) is 2.03. The monoisotopic (exact) mass is 266 g/mol. The summed E-state index contributed by atoms with van der Waals surface area (Å²) in [5, 5.41) is 15.2. The van der Waals surface area contributed by atoms with Gasteiger partial charge in [0.2, 0.25) is 0 Å². The number of fused-ring (bicyclic) bond motifs is 1. The SMILES string of the molecule is Cn1ncc2ccc(C(O)CCC(=O)CCl)cc21. The average molecular weight is 267 g/mol. The molecule has 0 aliphatic heterocycles. The number of aryl methyl sites for hydroxylation is 1. The van der Waals surface area contributed by atoms with E-state index in [-0.39, 0.29) is 11.7 Å². The van der Waals surface area contributed by atoms with Crippen LogP contribution in [-0.2, 0) is 11.8 Å². The number of carbonyl (C=O) groups excluding carboxylic acids is 1. The molecule has 0 spiro atoms. The number of aromatic nitrogens is 2. The van der Waals surface area contributed by atoms with Gasteiger partial charge in [-0.15, -0.1) is 11.6 Å². The first-order chi connectivity index (χ1) is 8.61. The molecule has 1 heterocycles. The Kier molecular flexibility index (Phi) is 3.99. The zero-order valence-electron chi connectivity index (χ0n) is 10.1. The number of hydrogen-bond donors (Lipinski definition) is 1. The molecule has 1 aromatic heterocycles. The molecule has 0 saturated heterocycles. The van der Waals surface area contributed by atoms with Gasteiger partial charge in [-0.05, 0) is 18.1 Å². The minimum absolute atomic E-state index is 0.00743. The fraction of sp³-hybridized carbons (Fsp3) is 0.385. The van der Waals surface area contributed by atoms with Crippen LogP contribution in [-0.4, -0.2) is 26.6 Å². The van der Waals surface area contributed by atoms with Crippen LogP contribution in [0.15, 0.2) is 24.4 Å². The third-order valence-corrected chi connectivity index (χ3v) is 3.30. The van der Waals surface area contributed by atoms with Crippen molar-refractivity contribution < 1.29 is 9.90 Å². The van der Waals surface area contributed by atoms with Gasteiger partial charge in [0.05, 0.1) is 23.7 Å². The van der Waals surface area contributed by atoms with Gasteiger partial charge in [0, 0.05) is 18.9 Å². The molecule has 5 heteroatoms. The van der Waals surface area contributed by atoms with Crippen molar-refractivity contribution >= 4 is 28.3 Å². The van der Waals surface area contributed by atoms with Gasteiger partial charge in [0.15, 0.2) is 0 Å². The minimum Gasteiger partial charge on any atom is -0.388 e. The van der Waals surface area contributed by atoms with Gasteiger partial charge in [0.1, 0.15) is 5.78 Å². The van der Waals surface area contributed by atoms with Crippen LogP contribution in [0.1, 0.15) is 24.5 Å². The second-order valence-corrected chi connectivity index (χ2v) is 4.58. The Morgan fingerprint density at radius 1 is 1.56 bits per heavy atom. The van der Waals surface area contributed by atoms with E-state index in [4.69, 9.17) is 11.6 Å². The molecule has 1 atom stereocenters. The zero-order chi connectivity index (χ0) is 13.1. The first-order valence-electron chi connectivity index (χ1n) is 5.79. The van der Waals surface area contributed by atoms with Crippen molar-refractivity contribution in [2.24, 2.45) is 7.05 Å². The molecule has 96 valence electrons. The normalized spacial score (nSPS) is 12.8. The zero-order valence-corrected chi connectivity index (χ0v) is 10.9. The molecule has 2 rings (SSSR count). The van der Waals surface area contributed by atoms with Crippen LogP contribution < -0.4 is 0 Å². The summed E-state index contributed by atoms with van der Waals surface area (Å²) in [4.78, 5) is 11.1. The Morgan fingerprint density at radius 2 is 2.33 bits per heavy atom. The van der Waals surface area contributed by atoms with Crippen LogP contribution in [0.25, 0.3) is 10.9 Å². The fourth-order valence-electron chi connectivity index (χ4n) is 1.90. The van der Waals surface area contributed by atoms with E-state index < -0.39 is 6.10 Å². The molecule has 1 unspecified atom stereocenters. The summed E-state index contributed by atoms with van der Waals surface area (Å²) in [6, 6.07) is 5.68. The van der Waals surface area contributed by atoms with Crippen molar-refractivity contribution in [1.82, 2.24) is 9.78 Å². The van der Waals surface area contributed by atoms with Gasteiger partial charge >= 0.3 is 0 Å². The van der Waals surface area contributed by atoms with E-state index in [1.54, 1.807) is 10.9 Å². The van der Waals surface area contributed by atoms with E-state index in [9.17, 15) is 9.90 Å². The molecule has 0 bridgehead atoms. The number of benzene rings is 1. The number of hydrogen-bond acceptors (Lipinski definition) is 3. The summed E-state index contributed by atoms with van der Waals surface area (Å²) >= 11 is 5.42. The van der Waals surface area contributed by atoms with E-state index in [0.717, 1.165) is 16.5 Å². The minimum atomic E-state index is -0.642. The third kappa shape index (κ3) is 2.71. The summed E-state index contributed by atoms with van der Waals surface area (Å²) in [5.41, 5.74) is 1.77. The lowest BCUT2D eigenvalue weighted by atomic mass is 10.0. The predicted octanol–water partition coefficient (Wildman–Crippen LogP) is 2.19. The maximum absolute atomic E-state index is 11.1. The average Bonchev–Trinajstić information content (AvgIpc) is 2.76. The Labute approximate surface area is 110 Å². The summed E-state index contributed by atoms with van der Waals surface area (Å²) < 4.78 is 1.76. The number of rotatable bonds is 5. The summed E-state index contributed by atoms with van der Waals surface area (Å²) in [5.74, 6) is -0.0367. The third-order valence-electron chi connectivity index (χ3n) is 3.00. The number of Topliss-reactive ketones (excluding diaryl/α,β-unsaturated/α-hetero) is 1. The van der Waals surface area contributed by atoms with E-state index in [0.29, 0.717) is 12.8 Å².